The molecule has 0 fully saturated rings. The zero-order chi connectivity index (χ0) is 30.5. The van der Waals surface area contributed by atoms with Crippen LogP contribution in [0.4, 0.5) is 17.1 Å². The monoisotopic (exact) mass is 688 g/mol. The molecule has 0 unspecified atom stereocenters. The SMILES string of the molecule is Nc1c(S(=O)(=O)O)cc(Nc2cc(S(=O)(=O)CCOS(=O)(=O)O)ccc2C(=O)O)c2c1C(=O)c1ccccc1C2=O.[K].[Na]. The van der Waals surface area contributed by atoms with E-state index in [2.05, 4.69) is 9.50 Å². The van der Waals surface area contributed by atoms with Crippen LogP contribution in [0.3, 0.4) is 0 Å². The number of nitrogens with two attached hydrogens (primary N) is 1. The molecule has 0 amide bonds. The molecule has 0 spiro atoms. The normalized spacial score (nSPS) is 12.8. The van der Waals surface area contributed by atoms with E-state index in [9.17, 15) is 49.3 Å². The predicted octanol–water partition coefficient (Wildman–Crippen LogP) is 0.564. The fourth-order valence-corrected chi connectivity index (χ4v) is 6.28. The van der Waals surface area contributed by atoms with Crippen LogP contribution >= 0.6 is 0 Å². The molecular formula is C23H18KN2NaO13S3. The van der Waals surface area contributed by atoms with Gasteiger partial charge in [0.05, 0.1) is 51.0 Å². The van der Waals surface area contributed by atoms with Crippen LogP contribution in [0.2, 0.25) is 0 Å². The predicted molar refractivity (Wildman–Crippen MR) is 152 cm³/mol. The van der Waals surface area contributed by atoms with Gasteiger partial charge in [0, 0.05) is 92.1 Å². The summed E-state index contributed by atoms with van der Waals surface area (Å²) in [4.78, 5) is 37.2. The molecule has 2 radical (unpaired) electrons. The molecule has 0 saturated carbocycles. The minimum Gasteiger partial charge on any atom is -0.478 e. The topological polar surface area (TPSA) is 262 Å². The Morgan fingerprint density at radius 1 is 0.860 bits per heavy atom. The number of ketones is 2. The van der Waals surface area contributed by atoms with Crippen LogP contribution in [0, 0.1) is 0 Å². The standard InChI is InChI=1S/C23H18N2O13S3.K.Na/c24-20-17(40(32,33)34)10-16(18-19(20)22(27)13-4-2-1-3-12(13)21(18)26)25-15-9-11(5-6-14(15)23(28)29)39(30,31)8-7-38-41(35,36)37;;/h1-6,9-10,25H,7-8,24H2,(H,28,29)(H,32,33,34)(H,35,36,37);;. The fraction of sp³-hybridized carbons (Fsp3) is 0.0870. The minimum absolute atomic E-state index is 0. The van der Waals surface area contributed by atoms with Crippen LogP contribution in [0.5, 0.6) is 0 Å². The van der Waals surface area contributed by atoms with Gasteiger partial charge < -0.3 is 16.2 Å². The van der Waals surface area contributed by atoms with Crippen LogP contribution in [-0.4, -0.2) is 150 Å². The second kappa shape index (κ2) is 13.8. The molecule has 1 aliphatic carbocycles. The van der Waals surface area contributed by atoms with E-state index in [0.717, 1.165) is 18.2 Å². The third-order valence-corrected chi connectivity index (χ3v) is 8.95. The molecule has 0 saturated heterocycles. The number of anilines is 3. The van der Waals surface area contributed by atoms with E-state index in [0.29, 0.717) is 6.07 Å². The summed E-state index contributed by atoms with van der Waals surface area (Å²) < 4.78 is 93.6. The van der Waals surface area contributed by atoms with Crippen molar-refractivity contribution in [2.75, 3.05) is 23.4 Å². The molecule has 3 aromatic carbocycles. The number of nitrogen functional groups attached to an aromatic ring is 1. The van der Waals surface area contributed by atoms with Crippen molar-refractivity contribution in [3.63, 3.8) is 0 Å². The number of sulfone groups is 1. The quantitative estimate of drug-likeness (QED) is 0.0914. The molecule has 0 bridgehead atoms. The number of nitrogens with one attached hydrogen (secondary N) is 1. The van der Waals surface area contributed by atoms with E-state index in [1.54, 1.807) is 0 Å². The third-order valence-electron chi connectivity index (χ3n) is 5.91. The van der Waals surface area contributed by atoms with E-state index in [4.69, 9.17) is 10.3 Å². The summed E-state index contributed by atoms with van der Waals surface area (Å²) >= 11 is 0. The number of hydrogen-bond acceptors (Lipinski definition) is 12. The van der Waals surface area contributed by atoms with Gasteiger partial charge in [0.25, 0.3) is 10.1 Å². The molecule has 43 heavy (non-hydrogen) atoms. The van der Waals surface area contributed by atoms with Crippen LogP contribution < -0.4 is 11.1 Å². The Bertz CT molecular complexity index is 2000. The van der Waals surface area contributed by atoms with E-state index in [-0.39, 0.29) is 92.1 Å². The van der Waals surface area contributed by atoms with Gasteiger partial charge in [0.2, 0.25) is 0 Å². The van der Waals surface area contributed by atoms with Gasteiger partial charge in [0.1, 0.15) is 4.90 Å². The largest absolute Gasteiger partial charge is 0.478 e. The average Bonchev–Trinajstić information content (AvgIpc) is 2.86. The summed E-state index contributed by atoms with van der Waals surface area (Å²) in [6.07, 6.45) is 0. The number of benzene rings is 3. The number of aromatic carboxylic acids is 1. The summed E-state index contributed by atoms with van der Waals surface area (Å²) in [6.45, 7) is -0.982. The van der Waals surface area contributed by atoms with Gasteiger partial charge in [-0.3, -0.25) is 18.7 Å². The van der Waals surface area contributed by atoms with Crippen LogP contribution in [-0.2, 0) is 34.5 Å². The first kappa shape index (κ1) is 37.6. The Balaban J connectivity index is 0.00000323. The van der Waals surface area contributed by atoms with Crippen molar-refractivity contribution in [3.05, 3.63) is 76.3 Å². The van der Waals surface area contributed by atoms with Crippen LogP contribution in [0.15, 0.2) is 58.3 Å². The minimum atomic E-state index is -5.10. The summed E-state index contributed by atoms with van der Waals surface area (Å²) in [7, 11) is -14.4. The van der Waals surface area contributed by atoms with Gasteiger partial charge in [-0.1, -0.05) is 24.3 Å². The fourth-order valence-electron chi connectivity index (χ4n) is 4.12. The number of carbonyl (C=O) groups excluding carboxylic acids is 2. The summed E-state index contributed by atoms with van der Waals surface area (Å²) in [5.74, 6) is -4.23. The Morgan fingerprint density at radius 3 is 1.93 bits per heavy atom. The van der Waals surface area contributed by atoms with Gasteiger partial charge >= 0.3 is 16.4 Å². The first-order valence-corrected chi connectivity index (χ1v) is 15.5. The Labute approximate surface area is 309 Å². The maximum Gasteiger partial charge on any atom is 0.397 e. The summed E-state index contributed by atoms with van der Waals surface area (Å²) in [5, 5.41) is 12.2. The van der Waals surface area contributed by atoms with Crippen molar-refractivity contribution in [1.29, 1.82) is 0 Å². The molecule has 0 atom stereocenters. The van der Waals surface area contributed by atoms with Crippen molar-refractivity contribution >= 4 is 146 Å². The maximum atomic E-state index is 13.5. The van der Waals surface area contributed by atoms with Gasteiger partial charge in [0.15, 0.2) is 21.4 Å². The zero-order valence-electron chi connectivity index (χ0n) is 22.3. The average molecular weight is 689 g/mol. The number of carbonyl (C=O) groups is 3. The van der Waals surface area contributed by atoms with Crippen molar-refractivity contribution in [1.82, 2.24) is 0 Å². The number of rotatable bonds is 9. The summed E-state index contributed by atoms with van der Waals surface area (Å²) in [6, 6.07) is 8.75. The number of carboxylic acid groups (broad SMARTS) is 1. The third kappa shape index (κ3) is 8.00. The molecular weight excluding hydrogens is 671 g/mol. The van der Waals surface area contributed by atoms with E-state index < -0.39 is 104 Å². The first-order chi connectivity index (χ1) is 18.9. The molecule has 0 aromatic heterocycles. The molecule has 3 aromatic rings. The Morgan fingerprint density at radius 2 is 1.42 bits per heavy atom. The molecule has 4 rings (SSSR count). The van der Waals surface area contributed by atoms with Crippen molar-refractivity contribution in [2.24, 2.45) is 0 Å². The molecule has 20 heteroatoms. The van der Waals surface area contributed by atoms with E-state index in [1.165, 1.54) is 24.3 Å². The zero-order valence-corrected chi connectivity index (χ0v) is 29.8. The molecule has 0 aliphatic heterocycles. The Hall–Kier alpha value is -1.56. The first-order valence-electron chi connectivity index (χ1n) is 11.0. The van der Waals surface area contributed by atoms with Gasteiger partial charge in [-0.25, -0.2) is 17.4 Å². The molecule has 1 aliphatic rings. The molecule has 15 nitrogen and oxygen atoms in total. The van der Waals surface area contributed by atoms with Crippen LogP contribution in [0.1, 0.15) is 42.2 Å². The van der Waals surface area contributed by atoms with E-state index >= 15 is 0 Å². The van der Waals surface area contributed by atoms with Crippen molar-refractivity contribution < 1.29 is 58.0 Å². The molecule has 218 valence electrons. The van der Waals surface area contributed by atoms with Crippen molar-refractivity contribution in [2.45, 2.75) is 9.79 Å². The van der Waals surface area contributed by atoms with E-state index in [1.807, 2.05) is 0 Å². The second-order valence-electron chi connectivity index (χ2n) is 8.47. The number of hydrogen-bond donors (Lipinski definition) is 5. The van der Waals surface area contributed by atoms with Gasteiger partial charge in [-0.2, -0.15) is 16.8 Å². The van der Waals surface area contributed by atoms with Crippen molar-refractivity contribution in [3.8, 4) is 0 Å². The number of carboxylic acids is 1. The Kier molecular flexibility index (Phi) is 12.1. The van der Waals surface area contributed by atoms with Gasteiger partial charge in [-0.15, -0.1) is 0 Å². The summed E-state index contributed by atoms with van der Waals surface area (Å²) in [5.41, 5.74) is 2.36. The van der Waals surface area contributed by atoms with Crippen LogP contribution in [0.25, 0.3) is 0 Å². The number of fused-ring (bicyclic) bond motifs is 2. The second-order valence-corrected chi connectivity index (χ2v) is 13.1. The molecule has 0 heterocycles. The molecule has 6 N–H and O–H groups in total. The maximum absolute atomic E-state index is 13.5. The smallest absolute Gasteiger partial charge is 0.397 e. The van der Waals surface area contributed by atoms with Gasteiger partial charge in [-0.05, 0) is 24.3 Å².